The minimum atomic E-state index is 0.266. The van der Waals surface area contributed by atoms with Crippen LogP contribution in [0, 0.1) is 0 Å². The molecule has 0 amide bonds. The molecule has 1 saturated carbocycles. The average Bonchev–Trinajstić information content (AvgIpc) is 3.04. The molecule has 1 fully saturated rings. The maximum atomic E-state index is 5.29. The summed E-state index contributed by atoms with van der Waals surface area (Å²) in [6, 6.07) is 2.48. The lowest BCUT2D eigenvalue weighted by molar-refractivity contribution is 0.0653. The molecule has 0 bridgehead atoms. The topological polar surface area (TPSA) is 28.4 Å². The molecule has 2 rings (SSSR count). The highest BCUT2D eigenvalue weighted by atomic mass is 16.3. The second-order valence-corrected chi connectivity index (χ2v) is 5.26. The number of hydrogen-bond acceptors (Lipinski definition) is 3. The van der Waals surface area contributed by atoms with Gasteiger partial charge in [0.2, 0.25) is 0 Å². The summed E-state index contributed by atoms with van der Waals surface area (Å²) < 4.78 is 5.29. The van der Waals surface area contributed by atoms with Gasteiger partial charge in [-0.25, -0.2) is 0 Å². The molecule has 1 aromatic heterocycles. The molecule has 1 aliphatic carbocycles. The van der Waals surface area contributed by atoms with Gasteiger partial charge in [0.15, 0.2) is 0 Å². The first-order chi connectivity index (χ1) is 8.78. The van der Waals surface area contributed by atoms with Crippen molar-refractivity contribution in [1.82, 2.24) is 10.2 Å². The van der Waals surface area contributed by atoms with E-state index >= 15 is 0 Å². The summed E-state index contributed by atoms with van der Waals surface area (Å²) in [5, 5.41) is 3.53. The number of hydrogen-bond donors (Lipinski definition) is 1. The van der Waals surface area contributed by atoms with Crippen molar-refractivity contribution in [1.29, 1.82) is 0 Å². The van der Waals surface area contributed by atoms with Crippen LogP contribution >= 0.6 is 0 Å². The zero-order valence-electron chi connectivity index (χ0n) is 11.9. The standard InChI is InChI=1S/C15H26N2O/c1-4-17(5-2)15(9-6-7-10-15)14(16-3)13-8-11-18-12-13/h8,11-12,14,16H,4-7,9-10H2,1-3H3. The van der Waals surface area contributed by atoms with Crippen molar-refractivity contribution < 1.29 is 4.42 Å². The Morgan fingerprint density at radius 2 is 2.00 bits per heavy atom. The monoisotopic (exact) mass is 250 g/mol. The van der Waals surface area contributed by atoms with Crippen molar-refractivity contribution in [2.24, 2.45) is 0 Å². The van der Waals surface area contributed by atoms with Gasteiger partial charge in [-0.3, -0.25) is 4.90 Å². The molecule has 1 aliphatic rings. The highest BCUT2D eigenvalue weighted by Gasteiger charge is 2.45. The zero-order chi connectivity index (χ0) is 13.0. The third-order valence-electron chi connectivity index (χ3n) is 4.57. The van der Waals surface area contributed by atoms with Gasteiger partial charge in [-0.1, -0.05) is 26.7 Å². The fourth-order valence-electron chi connectivity index (χ4n) is 3.81. The van der Waals surface area contributed by atoms with E-state index in [1.54, 1.807) is 6.26 Å². The lowest BCUT2D eigenvalue weighted by atomic mass is 9.82. The van der Waals surface area contributed by atoms with E-state index in [4.69, 9.17) is 4.42 Å². The van der Waals surface area contributed by atoms with Crippen molar-refractivity contribution in [3.05, 3.63) is 24.2 Å². The Morgan fingerprint density at radius 1 is 1.33 bits per heavy atom. The molecular formula is C15H26N2O. The number of nitrogens with zero attached hydrogens (tertiary/aromatic N) is 1. The third-order valence-corrected chi connectivity index (χ3v) is 4.57. The Labute approximate surface area is 111 Å². The molecule has 3 heteroatoms. The number of rotatable bonds is 6. The summed E-state index contributed by atoms with van der Waals surface area (Å²) in [4.78, 5) is 2.63. The molecule has 1 N–H and O–H groups in total. The second-order valence-electron chi connectivity index (χ2n) is 5.26. The molecule has 1 unspecified atom stereocenters. The van der Waals surface area contributed by atoms with Crippen molar-refractivity contribution in [2.75, 3.05) is 20.1 Å². The average molecular weight is 250 g/mol. The van der Waals surface area contributed by atoms with E-state index < -0.39 is 0 Å². The van der Waals surface area contributed by atoms with Gasteiger partial charge >= 0.3 is 0 Å². The van der Waals surface area contributed by atoms with Crippen LogP contribution in [-0.4, -0.2) is 30.6 Å². The Balaban J connectivity index is 2.33. The molecule has 0 spiro atoms. The number of furan rings is 1. The second kappa shape index (κ2) is 5.89. The molecule has 1 atom stereocenters. The van der Waals surface area contributed by atoms with Crippen LogP contribution in [0.2, 0.25) is 0 Å². The van der Waals surface area contributed by atoms with Gasteiger partial charge in [0, 0.05) is 11.1 Å². The fraction of sp³-hybridized carbons (Fsp3) is 0.733. The van der Waals surface area contributed by atoms with Crippen LogP contribution in [0.5, 0.6) is 0 Å². The van der Waals surface area contributed by atoms with Crippen LogP contribution in [0.4, 0.5) is 0 Å². The van der Waals surface area contributed by atoms with Crippen LogP contribution in [0.15, 0.2) is 23.0 Å². The number of likely N-dealkylation sites (N-methyl/N-ethyl adjacent to an activating group) is 2. The Bertz CT molecular complexity index is 337. The summed E-state index contributed by atoms with van der Waals surface area (Å²) in [6.07, 6.45) is 8.92. The van der Waals surface area contributed by atoms with Gasteiger partial charge in [-0.05, 0) is 39.0 Å². The van der Waals surface area contributed by atoms with E-state index in [1.807, 2.05) is 6.26 Å². The molecular weight excluding hydrogens is 224 g/mol. The van der Waals surface area contributed by atoms with Crippen molar-refractivity contribution >= 4 is 0 Å². The van der Waals surface area contributed by atoms with Crippen LogP contribution in [-0.2, 0) is 0 Å². The van der Waals surface area contributed by atoms with E-state index in [2.05, 4.69) is 37.2 Å². The lowest BCUT2D eigenvalue weighted by Gasteiger charge is -2.46. The maximum absolute atomic E-state index is 5.29. The molecule has 1 aromatic rings. The molecule has 3 nitrogen and oxygen atoms in total. The summed E-state index contributed by atoms with van der Waals surface area (Å²) in [6.45, 7) is 6.77. The van der Waals surface area contributed by atoms with Gasteiger partial charge in [0.25, 0.3) is 0 Å². The third kappa shape index (κ3) is 2.21. The van der Waals surface area contributed by atoms with E-state index in [0.29, 0.717) is 6.04 Å². The summed E-state index contributed by atoms with van der Waals surface area (Å²) in [5.41, 5.74) is 1.55. The quantitative estimate of drug-likeness (QED) is 0.840. The normalized spacial score (nSPS) is 20.4. The number of nitrogens with one attached hydrogen (secondary N) is 1. The molecule has 0 aromatic carbocycles. The van der Waals surface area contributed by atoms with Crippen molar-refractivity contribution in [3.8, 4) is 0 Å². The Morgan fingerprint density at radius 3 is 2.44 bits per heavy atom. The zero-order valence-corrected chi connectivity index (χ0v) is 11.9. The van der Waals surface area contributed by atoms with Crippen LogP contribution in [0.1, 0.15) is 51.1 Å². The molecule has 18 heavy (non-hydrogen) atoms. The Kier molecular flexibility index (Phi) is 4.46. The summed E-state index contributed by atoms with van der Waals surface area (Å²) in [5.74, 6) is 0. The van der Waals surface area contributed by atoms with Crippen molar-refractivity contribution in [3.63, 3.8) is 0 Å². The molecule has 0 saturated heterocycles. The highest BCUT2D eigenvalue weighted by Crippen LogP contribution is 2.44. The molecule has 102 valence electrons. The maximum Gasteiger partial charge on any atom is 0.0951 e. The van der Waals surface area contributed by atoms with Gasteiger partial charge in [0.1, 0.15) is 0 Å². The SMILES string of the molecule is CCN(CC)C1(C(NC)c2ccoc2)CCCC1. The van der Waals surface area contributed by atoms with E-state index in [1.165, 1.54) is 31.2 Å². The minimum absolute atomic E-state index is 0.266. The lowest BCUT2D eigenvalue weighted by Crippen LogP contribution is -2.54. The molecule has 0 radical (unpaired) electrons. The first kappa shape index (κ1) is 13.6. The van der Waals surface area contributed by atoms with Gasteiger partial charge in [-0.2, -0.15) is 0 Å². The Hall–Kier alpha value is -0.800. The van der Waals surface area contributed by atoms with Gasteiger partial charge < -0.3 is 9.73 Å². The van der Waals surface area contributed by atoms with Crippen LogP contribution in [0.3, 0.4) is 0 Å². The summed E-state index contributed by atoms with van der Waals surface area (Å²) in [7, 11) is 2.07. The minimum Gasteiger partial charge on any atom is -0.472 e. The predicted molar refractivity (Wildman–Crippen MR) is 74.6 cm³/mol. The van der Waals surface area contributed by atoms with Crippen LogP contribution in [0.25, 0.3) is 0 Å². The van der Waals surface area contributed by atoms with E-state index in [0.717, 1.165) is 13.1 Å². The van der Waals surface area contributed by atoms with E-state index in [-0.39, 0.29) is 5.54 Å². The largest absolute Gasteiger partial charge is 0.472 e. The summed E-state index contributed by atoms with van der Waals surface area (Å²) >= 11 is 0. The molecule has 0 aliphatic heterocycles. The fourth-order valence-corrected chi connectivity index (χ4v) is 3.81. The first-order valence-corrected chi connectivity index (χ1v) is 7.23. The van der Waals surface area contributed by atoms with Gasteiger partial charge in [0.05, 0.1) is 18.6 Å². The first-order valence-electron chi connectivity index (χ1n) is 7.23. The van der Waals surface area contributed by atoms with Crippen LogP contribution < -0.4 is 5.32 Å². The van der Waals surface area contributed by atoms with E-state index in [9.17, 15) is 0 Å². The van der Waals surface area contributed by atoms with Gasteiger partial charge in [-0.15, -0.1) is 0 Å². The van der Waals surface area contributed by atoms with Crippen molar-refractivity contribution in [2.45, 2.75) is 51.1 Å². The predicted octanol–water partition coefficient (Wildman–Crippen LogP) is 3.19. The highest BCUT2D eigenvalue weighted by molar-refractivity contribution is 5.20. The smallest absolute Gasteiger partial charge is 0.0951 e. The molecule has 1 heterocycles.